The van der Waals surface area contributed by atoms with Gasteiger partial charge < -0.3 is 5.11 Å². The van der Waals surface area contributed by atoms with E-state index < -0.39 is 5.90 Å². The van der Waals surface area contributed by atoms with Crippen LogP contribution in [0, 0.1) is 0 Å². The van der Waals surface area contributed by atoms with E-state index in [1.807, 2.05) is 0 Å². The summed E-state index contributed by atoms with van der Waals surface area (Å²) < 4.78 is 0. The highest BCUT2D eigenvalue weighted by molar-refractivity contribution is 6.37. The first-order valence-electron chi connectivity index (χ1n) is 4.78. The second-order valence-electron chi connectivity index (χ2n) is 3.13. The number of H-pyrrole nitrogens is 1. The van der Waals surface area contributed by atoms with Gasteiger partial charge in [0.25, 0.3) is 5.95 Å². The molecule has 0 spiro atoms. The molecule has 0 unspecified atom stereocenters. The van der Waals surface area contributed by atoms with Gasteiger partial charge in [0, 0.05) is 15.6 Å². The van der Waals surface area contributed by atoms with Gasteiger partial charge in [-0.05, 0) is 23.2 Å². The molecule has 1 heterocycles. The topological polar surface area (TPSA) is 89.9 Å². The van der Waals surface area contributed by atoms with E-state index in [2.05, 4.69) is 25.6 Å². The van der Waals surface area contributed by atoms with Gasteiger partial charge in [-0.3, -0.25) is 0 Å². The van der Waals surface area contributed by atoms with Gasteiger partial charge in [-0.1, -0.05) is 46.5 Å². The molecule has 0 aliphatic carbocycles. The molecule has 2 rings (SSSR count). The number of nitrogens with one attached hydrogen (secondary N) is 1. The number of benzene rings is 1. The van der Waals surface area contributed by atoms with Crippen LogP contribution in [0.1, 0.15) is 5.56 Å². The van der Waals surface area contributed by atoms with Crippen molar-refractivity contribution in [2.45, 2.75) is 0 Å². The average molecular weight is 283 g/mol. The minimum Gasteiger partial charge on any atom is -0.859 e. The Bertz CT molecular complexity index is 574. The van der Waals surface area contributed by atoms with Gasteiger partial charge in [0.05, 0.1) is 0 Å². The fraction of sp³-hybridized carbons (Fsp3) is 0. The van der Waals surface area contributed by atoms with Crippen LogP contribution in [0.2, 0.25) is 10.0 Å². The van der Waals surface area contributed by atoms with Crippen molar-refractivity contribution >= 4 is 41.1 Å². The number of hydrogen-bond acceptors (Lipinski definition) is 5. The summed E-state index contributed by atoms with van der Waals surface area (Å²) in [7, 11) is 0. The Morgan fingerprint density at radius 2 is 2.06 bits per heavy atom. The van der Waals surface area contributed by atoms with Gasteiger partial charge in [-0.15, -0.1) is 5.10 Å². The zero-order valence-corrected chi connectivity index (χ0v) is 10.4. The van der Waals surface area contributed by atoms with Crippen LogP contribution in [0.15, 0.2) is 29.3 Å². The third-order valence-electron chi connectivity index (χ3n) is 1.94. The molecule has 92 valence electrons. The Kier molecular flexibility index (Phi) is 3.91. The lowest BCUT2D eigenvalue weighted by atomic mass is 10.2. The first-order chi connectivity index (χ1) is 8.66. The van der Waals surface area contributed by atoms with E-state index in [0.717, 1.165) is 0 Å². The number of aromatic amines is 1. The molecule has 0 fully saturated rings. The van der Waals surface area contributed by atoms with E-state index in [1.165, 1.54) is 12.2 Å². The highest BCUT2D eigenvalue weighted by Gasteiger charge is 2.00. The summed E-state index contributed by atoms with van der Waals surface area (Å²) in [6, 6.07) is 5.06. The predicted octanol–water partition coefficient (Wildman–Crippen LogP) is 1.61. The second kappa shape index (κ2) is 5.61. The van der Waals surface area contributed by atoms with Gasteiger partial charge in [-0.2, -0.15) is 5.21 Å². The largest absolute Gasteiger partial charge is 0.859 e. The highest BCUT2D eigenvalue weighted by Crippen LogP contribution is 2.25. The molecule has 0 radical (unpaired) electrons. The molecule has 0 amide bonds. The molecular formula is C10H6Cl2N5O-. The normalized spacial score (nSPS) is 12.2. The molecule has 0 aliphatic rings. The van der Waals surface area contributed by atoms with Crippen LogP contribution in [-0.2, 0) is 0 Å². The Labute approximate surface area is 112 Å². The van der Waals surface area contributed by atoms with Crippen molar-refractivity contribution in [1.82, 2.24) is 20.6 Å². The van der Waals surface area contributed by atoms with Crippen molar-refractivity contribution < 1.29 is 5.11 Å². The maximum atomic E-state index is 11.4. The van der Waals surface area contributed by atoms with Crippen molar-refractivity contribution in [2.75, 3.05) is 0 Å². The lowest BCUT2D eigenvalue weighted by Gasteiger charge is -2.04. The molecule has 1 aromatic heterocycles. The molecule has 0 bridgehead atoms. The molecule has 0 atom stereocenters. The fourth-order valence-corrected chi connectivity index (χ4v) is 1.69. The fourth-order valence-electron chi connectivity index (χ4n) is 1.16. The predicted molar refractivity (Wildman–Crippen MR) is 66.8 cm³/mol. The van der Waals surface area contributed by atoms with Gasteiger partial charge in [-0.25, -0.2) is 4.99 Å². The Morgan fingerprint density at radius 3 is 2.67 bits per heavy atom. The molecule has 6 nitrogen and oxygen atoms in total. The molecule has 8 heteroatoms. The van der Waals surface area contributed by atoms with E-state index >= 15 is 0 Å². The third kappa shape index (κ3) is 3.06. The molecule has 1 aromatic carbocycles. The first kappa shape index (κ1) is 12.5. The van der Waals surface area contributed by atoms with Crippen LogP contribution >= 0.6 is 23.2 Å². The summed E-state index contributed by atoms with van der Waals surface area (Å²) in [5.41, 5.74) is 0.553. The summed E-state index contributed by atoms with van der Waals surface area (Å²) >= 11 is 11.9. The lowest BCUT2D eigenvalue weighted by Crippen LogP contribution is -2.13. The molecule has 0 saturated heterocycles. The van der Waals surface area contributed by atoms with Crippen molar-refractivity contribution in [2.24, 2.45) is 4.99 Å². The summed E-state index contributed by atoms with van der Waals surface area (Å²) in [4.78, 5) is 3.57. The zero-order chi connectivity index (χ0) is 13.0. The van der Waals surface area contributed by atoms with Crippen LogP contribution < -0.4 is 5.11 Å². The Hall–Kier alpha value is -1.92. The van der Waals surface area contributed by atoms with Crippen LogP contribution in [0.25, 0.3) is 6.08 Å². The molecule has 0 saturated carbocycles. The summed E-state index contributed by atoms with van der Waals surface area (Å²) in [6.07, 6.45) is 2.71. The number of nitrogens with zero attached hydrogens (tertiary/aromatic N) is 4. The number of tetrazole rings is 1. The standard InChI is InChI=1S/C10H7Cl2N5O/c11-7-2-1-3-8(12)6(7)4-5-9(18)13-10-14-16-17-15-10/h1-5H,(H2,13,14,15,16,17,18)/p-1/b5-4+. The minimum atomic E-state index is -0.535. The third-order valence-corrected chi connectivity index (χ3v) is 2.60. The molecule has 1 N–H and O–H groups in total. The Balaban J connectivity index is 2.21. The molecule has 2 aromatic rings. The lowest BCUT2D eigenvalue weighted by molar-refractivity contribution is -0.211. The maximum absolute atomic E-state index is 11.4. The van der Waals surface area contributed by atoms with Gasteiger partial charge in [0.2, 0.25) is 0 Å². The average Bonchev–Trinajstić information content (AvgIpc) is 2.81. The smallest absolute Gasteiger partial charge is 0.288 e. The van der Waals surface area contributed by atoms with E-state index in [-0.39, 0.29) is 5.95 Å². The molecule has 18 heavy (non-hydrogen) atoms. The van der Waals surface area contributed by atoms with Crippen LogP contribution in [0.4, 0.5) is 5.95 Å². The van der Waals surface area contributed by atoms with Crippen LogP contribution in [0.3, 0.4) is 0 Å². The number of hydrogen-bond donors (Lipinski definition) is 1. The van der Waals surface area contributed by atoms with Crippen molar-refractivity contribution in [3.63, 3.8) is 0 Å². The van der Waals surface area contributed by atoms with E-state index in [9.17, 15) is 5.11 Å². The second-order valence-corrected chi connectivity index (χ2v) is 3.94. The monoisotopic (exact) mass is 282 g/mol. The summed E-state index contributed by atoms with van der Waals surface area (Å²) in [5, 5.41) is 24.9. The SMILES string of the molecule is [O-]C(/C=C/c1c(Cl)cccc1Cl)=Nc1nn[nH]n1. The number of aliphatic imine (C=N–C) groups is 1. The first-order valence-corrected chi connectivity index (χ1v) is 5.53. The van der Waals surface area contributed by atoms with Crippen LogP contribution in [0.5, 0.6) is 0 Å². The van der Waals surface area contributed by atoms with Crippen LogP contribution in [-0.4, -0.2) is 26.5 Å². The number of halogens is 2. The zero-order valence-electron chi connectivity index (χ0n) is 8.84. The van der Waals surface area contributed by atoms with E-state index in [1.54, 1.807) is 18.2 Å². The van der Waals surface area contributed by atoms with Gasteiger partial charge in [0.15, 0.2) is 0 Å². The van der Waals surface area contributed by atoms with Gasteiger partial charge >= 0.3 is 0 Å². The number of aromatic nitrogens is 4. The Morgan fingerprint density at radius 1 is 1.33 bits per heavy atom. The maximum Gasteiger partial charge on any atom is 0.288 e. The van der Waals surface area contributed by atoms with Crippen molar-refractivity contribution in [3.8, 4) is 0 Å². The molecular weight excluding hydrogens is 277 g/mol. The number of rotatable bonds is 3. The van der Waals surface area contributed by atoms with E-state index in [4.69, 9.17) is 23.2 Å². The quantitative estimate of drug-likeness (QED) is 0.684. The van der Waals surface area contributed by atoms with Crippen molar-refractivity contribution in [3.05, 3.63) is 39.9 Å². The minimum absolute atomic E-state index is 0.0325. The molecule has 0 aliphatic heterocycles. The van der Waals surface area contributed by atoms with Crippen molar-refractivity contribution in [1.29, 1.82) is 0 Å². The highest BCUT2D eigenvalue weighted by atomic mass is 35.5. The van der Waals surface area contributed by atoms with E-state index in [0.29, 0.717) is 15.6 Å². The summed E-state index contributed by atoms with van der Waals surface area (Å²) in [6.45, 7) is 0. The van der Waals surface area contributed by atoms with Gasteiger partial charge in [0.1, 0.15) is 0 Å². The summed E-state index contributed by atoms with van der Waals surface area (Å²) in [5.74, 6) is -0.567.